The minimum atomic E-state index is -2.34. The van der Waals surface area contributed by atoms with Crippen molar-refractivity contribution in [3.8, 4) is 0 Å². The quantitative estimate of drug-likeness (QED) is 0.0452. The van der Waals surface area contributed by atoms with Gasteiger partial charge in [0, 0.05) is 27.7 Å². The number of carbonyl (C=O) groups is 4. The molecule has 40 nitrogen and oxygen atoms in total. The fourth-order valence-corrected chi connectivity index (χ4v) is 11.5. The molecule has 0 aromatic carbocycles. The van der Waals surface area contributed by atoms with Crippen molar-refractivity contribution in [3.05, 3.63) is 0 Å². The van der Waals surface area contributed by atoms with Crippen LogP contribution in [0.2, 0.25) is 0 Å². The first-order valence-corrected chi connectivity index (χ1v) is 28.6. The van der Waals surface area contributed by atoms with E-state index in [1.54, 1.807) is 0 Å². The van der Waals surface area contributed by atoms with Crippen LogP contribution in [0.25, 0.3) is 0 Å². The number of hydrogen-bond acceptors (Lipinski definition) is 36. The molecular weight excluding hydrogens is 1230 g/mol. The molecule has 0 aromatic rings. The maximum absolute atomic E-state index is 12.9. The first-order valence-electron chi connectivity index (χ1n) is 28.6. The number of rotatable bonds is 23. The van der Waals surface area contributed by atoms with Gasteiger partial charge in [0.05, 0.1) is 46.2 Å². The fraction of sp³-hybridized carbons (Fsp3) is 0.920. The van der Waals surface area contributed by atoms with Crippen LogP contribution in [0, 0.1) is 0 Å². The monoisotopic (exact) mass is 1320 g/mol. The Hall–Kier alpha value is -3.40. The van der Waals surface area contributed by atoms with Crippen molar-refractivity contribution >= 4 is 23.6 Å². The third-order valence-corrected chi connectivity index (χ3v) is 16.1. The molecule has 90 heavy (non-hydrogen) atoms. The molecule has 520 valence electrons. The molecule has 7 aliphatic heterocycles. The van der Waals surface area contributed by atoms with E-state index in [1.807, 2.05) is 0 Å². The van der Waals surface area contributed by atoms with Gasteiger partial charge in [-0.05, 0) is 0 Å². The summed E-state index contributed by atoms with van der Waals surface area (Å²) < 4.78 is 75.8. The molecule has 7 fully saturated rings. The molecule has 7 rings (SSSR count). The van der Waals surface area contributed by atoms with Gasteiger partial charge in [0.15, 0.2) is 44.0 Å². The van der Waals surface area contributed by atoms with Crippen LogP contribution in [0.1, 0.15) is 27.7 Å². The maximum Gasteiger partial charge on any atom is 0.217 e. The van der Waals surface area contributed by atoms with Crippen molar-refractivity contribution in [3.63, 3.8) is 0 Å². The van der Waals surface area contributed by atoms with Crippen molar-refractivity contribution in [2.24, 2.45) is 0 Å². The number of aliphatic hydroxyl groups excluding tert-OH is 19. The SMILES string of the molecule is CC(=O)N[C@H]1[C@H](OC[C@H]2O[C@@H](O[C@H]3[C@H](O)[C@@H](NC(C)=O)C(O)O[C@@H]3CO)[C@H](O)[C@@H](O[C@@H]3O[C@H](CO)[C@@H](O[C@@H]4O[C@H](CO)[C@H](O)[C@@H](O[C@@H]5O[C@H](CO)[C@@H](O)[C@H](O)[C@H]5NC(C)=O)[C@H]4O)[C@H](O)[C@H]3NC(C)=O)[C@H]2O)O[C@H](CO)[C@@H](O[C@@H]2O[C@H](CO)[C@H](O)[C@H](O)[C@H]2O)[C@@H]1O. The Morgan fingerprint density at radius 3 is 1.00 bits per heavy atom. The summed E-state index contributed by atoms with van der Waals surface area (Å²) in [4.78, 5) is 49.9. The molecule has 7 saturated heterocycles. The zero-order valence-corrected chi connectivity index (χ0v) is 48.6. The minimum Gasteiger partial charge on any atom is -0.394 e. The predicted octanol–water partition coefficient (Wildman–Crippen LogP) is -15.7. The van der Waals surface area contributed by atoms with Gasteiger partial charge in [0.25, 0.3) is 0 Å². The van der Waals surface area contributed by atoms with Gasteiger partial charge in [0.2, 0.25) is 23.6 Å². The lowest BCUT2D eigenvalue weighted by Gasteiger charge is -2.51. The Balaban J connectivity index is 1.17. The Morgan fingerprint density at radius 1 is 0.289 bits per heavy atom. The Bertz CT molecular complexity index is 2310. The van der Waals surface area contributed by atoms with E-state index < -0.39 is 285 Å². The van der Waals surface area contributed by atoms with Gasteiger partial charge in [-0.3, -0.25) is 19.2 Å². The summed E-state index contributed by atoms with van der Waals surface area (Å²) in [5.41, 5.74) is 0. The molecule has 7 aliphatic rings. The van der Waals surface area contributed by atoms with E-state index >= 15 is 0 Å². The topological polar surface area (TPSA) is 621 Å². The van der Waals surface area contributed by atoms with Crippen LogP contribution in [0.15, 0.2) is 0 Å². The highest BCUT2D eigenvalue weighted by Gasteiger charge is 2.59. The van der Waals surface area contributed by atoms with Gasteiger partial charge in [-0.2, -0.15) is 0 Å². The largest absolute Gasteiger partial charge is 0.394 e. The zero-order chi connectivity index (χ0) is 66.5. The highest BCUT2D eigenvalue weighted by molar-refractivity contribution is 5.74. The lowest BCUT2D eigenvalue weighted by Crippen LogP contribution is -2.70. The first kappa shape index (κ1) is 74.0. The van der Waals surface area contributed by atoms with Gasteiger partial charge >= 0.3 is 0 Å². The summed E-state index contributed by atoms with van der Waals surface area (Å²) in [6, 6.07) is -6.94. The molecule has 0 aliphatic carbocycles. The van der Waals surface area contributed by atoms with Gasteiger partial charge in [-0.25, -0.2) is 0 Å². The Kier molecular flexibility index (Phi) is 26.6. The lowest BCUT2D eigenvalue weighted by atomic mass is 9.93. The molecular formula is C50H84N4O36. The van der Waals surface area contributed by atoms with Gasteiger partial charge in [-0.1, -0.05) is 0 Å². The molecule has 0 spiro atoms. The van der Waals surface area contributed by atoms with Crippen molar-refractivity contribution in [1.82, 2.24) is 21.3 Å². The molecule has 23 N–H and O–H groups in total. The second kappa shape index (κ2) is 32.4. The van der Waals surface area contributed by atoms with Gasteiger partial charge in [-0.15, -0.1) is 0 Å². The lowest BCUT2D eigenvalue weighted by molar-refractivity contribution is -0.385. The Labute approximate surface area is 510 Å². The number of hydrogen-bond donors (Lipinski definition) is 23. The summed E-state index contributed by atoms with van der Waals surface area (Å²) in [7, 11) is 0. The van der Waals surface area contributed by atoms with E-state index in [0.717, 1.165) is 27.7 Å². The van der Waals surface area contributed by atoms with Crippen molar-refractivity contribution in [2.45, 2.75) is 242 Å². The van der Waals surface area contributed by atoms with Gasteiger partial charge in [0.1, 0.15) is 171 Å². The molecule has 35 atom stereocenters. The van der Waals surface area contributed by atoms with E-state index in [0.29, 0.717) is 0 Å². The minimum absolute atomic E-state index is 0.774. The van der Waals surface area contributed by atoms with Crippen molar-refractivity contribution < 1.29 is 178 Å². The van der Waals surface area contributed by atoms with Crippen molar-refractivity contribution in [2.75, 3.05) is 46.2 Å². The van der Waals surface area contributed by atoms with Crippen LogP contribution in [0.4, 0.5) is 0 Å². The van der Waals surface area contributed by atoms with Crippen LogP contribution in [0.3, 0.4) is 0 Å². The van der Waals surface area contributed by atoms with E-state index in [-0.39, 0.29) is 0 Å². The predicted molar refractivity (Wildman–Crippen MR) is 278 cm³/mol. The Morgan fingerprint density at radius 2 is 0.578 bits per heavy atom. The summed E-state index contributed by atoms with van der Waals surface area (Å²) in [5.74, 6) is -3.33. The molecule has 1 unspecified atom stereocenters. The third kappa shape index (κ3) is 16.4. The first-order chi connectivity index (χ1) is 42.5. The maximum atomic E-state index is 12.9. The van der Waals surface area contributed by atoms with Crippen LogP contribution in [-0.4, -0.2) is 382 Å². The zero-order valence-electron chi connectivity index (χ0n) is 48.6. The van der Waals surface area contributed by atoms with E-state index in [4.69, 9.17) is 61.6 Å². The fourth-order valence-electron chi connectivity index (χ4n) is 11.5. The highest BCUT2D eigenvalue weighted by atomic mass is 16.8. The third-order valence-electron chi connectivity index (χ3n) is 16.1. The smallest absolute Gasteiger partial charge is 0.217 e. The number of nitrogens with one attached hydrogen (secondary N) is 4. The number of carbonyl (C=O) groups excluding carboxylic acids is 4. The van der Waals surface area contributed by atoms with E-state index in [1.165, 1.54) is 0 Å². The van der Waals surface area contributed by atoms with Crippen LogP contribution < -0.4 is 21.3 Å². The average Bonchev–Trinajstić information content (AvgIpc) is 0.813. The molecule has 0 radical (unpaired) electrons. The van der Waals surface area contributed by atoms with Crippen LogP contribution in [-0.2, 0) is 80.8 Å². The summed E-state index contributed by atoms with van der Waals surface area (Å²) in [6.45, 7) is -2.93. The van der Waals surface area contributed by atoms with E-state index in [9.17, 15) is 116 Å². The normalized spacial score (nSPS) is 47.6. The summed E-state index contributed by atoms with van der Waals surface area (Å²) in [5, 5.41) is 217. The number of aliphatic hydroxyl groups is 19. The molecule has 0 bridgehead atoms. The number of ether oxygens (including phenoxy) is 13. The van der Waals surface area contributed by atoms with Crippen LogP contribution >= 0.6 is 0 Å². The standard InChI is InChI=1S/C50H84N4O36/c1-12(61)51-23-32(70)39(19(8-58)79-44(23)77)87-50-38(76)43(30(68)22(85-50)11-78-45-25(53-14(3)63)33(71)40(20(9-59)83-45)86-48-36(74)35(73)28(66)17(6-56)81-48)90-47-26(54-15(4)64)34(72)41(21(10-60)84-47)88-49-37(75)42(29(67)18(7-57)82-49)89-46-24(52-13(2)62)31(69)27(65)16(5-55)80-46/h16-50,55-60,65-77H,5-11H2,1-4H3,(H,51,61)(H,52,62)(H,53,63)(H,54,64)/t16-,17-,18-,19-,20-,21-,22-,23-,24-,25-,26-,27-,28+,29+,30+,31-,32-,33-,34-,35+,36-,37-,38-,39-,40-,41-,42-,43+,44?,45-,46+,47+,48+,49+,50+/m1/s1. The molecule has 40 heteroatoms. The highest BCUT2D eigenvalue weighted by Crippen LogP contribution is 2.37. The molecule has 0 aromatic heterocycles. The van der Waals surface area contributed by atoms with Crippen molar-refractivity contribution in [1.29, 1.82) is 0 Å². The summed E-state index contributed by atoms with van der Waals surface area (Å²) in [6.07, 6.45) is -60.2. The average molecular weight is 1320 g/mol. The second-order valence-electron chi connectivity index (χ2n) is 22.5. The molecule has 0 saturated carbocycles. The molecule has 4 amide bonds. The van der Waals surface area contributed by atoms with E-state index in [2.05, 4.69) is 21.3 Å². The second-order valence-corrected chi connectivity index (χ2v) is 22.5. The number of amides is 4. The van der Waals surface area contributed by atoms with Gasteiger partial charge < -0.3 is 180 Å². The van der Waals surface area contributed by atoms with Crippen LogP contribution in [0.5, 0.6) is 0 Å². The molecule has 7 heterocycles. The summed E-state index contributed by atoms with van der Waals surface area (Å²) >= 11 is 0.